The summed E-state index contributed by atoms with van der Waals surface area (Å²) in [6.45, 7) is 2.43. The van der Waals surface area contributed by atoms with Gasteiger partial charge in [0.05, 0.1) is 13.7 Å². The van der Waals surface area contributed by atoms with Crippen LogP contribution in [0.1, 0.15) is 27.6 Å². The van der Waals surface area contributed by atoms with Gasteiger partial charge in [-0.2, -0.15) is 0 Å². The molecule has 0 aliphatic heterocycles. The van der Waals surface area contributed by atoms with Crippen molar-refractivity contribution in [3.8, 4) is 11.5 Å². The predicted octanol–water partition coefficient (Wildman–Crippen LogP) is 2.83. The van der Waals surface area contributed by atoms with Crippen molar-refractivity contribution in [3.05, 3.63) is 53.6 Å². The molecule has 6 heteroatoms. The van der Waals surface area contributed by atoms with Gasteiger partial charge in [0.1, 0.15) is 17.1 Å². The minimum atomic E-state index is -0.681. The largest absolute Gasteiger partial charge is 0.507 e. The maximum absolute atomic E-state index is 12.2. The maximum Gasteiger partial charge on any atom is 0.341 e. The van der Waals surface area contributed by atoms with Crippen LogP contribution in [0.2, 0.25) is 0 Å². The lowest BCUT2D eigenvalue weighted by atomic mass is 10.1. The topological polar surface area (TPSA) is 84.9 Å². The summed E-state index contributed by atoms with van der Waals surface area (Å²) < 4.78 is 9.89. The number of phenols is 1. The highest BCUT2D eigenvalue weighted by molar-refractivity contribution is 6.05. The third kappa shape index (κ3) is 4.00. The SMILES string of the molecule is CCOc1ccc(C(=O)Nc2ccc(O)c(C(=O)OC)c2)cc1. The minimum Gasteiger partial charge on any atom is -0.507 e. The van der Waals surface area contributed by atoms with Crippen molar-refractivity contribution in [2.24, 2.45) is 0 Å². The molecule has 2 rings (SSSR count). The number of methoxy groups -OCH3 is 1. The lowest BCUT2D eigenvalue weighted by molar-refractivity contribution is 0.0597. The Morgan fingerprint density at radius 2 is 1.83 bits per heavy atom. The molecule has 0 aromatic heterocycles. The first-order valence-electron chi connectivity index (χ1n) is 7.00. The van der Waals surface area contributed by atoms with E-state index in [4.69, 9.17) is 4.74 Å². The Bertz CT molecular complexity index is 709. The number of ether oxygens (including phenoxy) is 2. The molecule has 23 heavy (non-hydrogen) atoms. The van der Waals surface area contributed by atoms with E-state index < -0.39 is 5.97 Å². The van der Waals surface area contributed by atoms with Gasteiger partial charge in [-0.05, 0) is 49.4 Å². The normalized spacial score (nSPS) is 10.0. The van der Waals surface area contributed by atoms with Crippen molar-refractivity contribution < 1.29 is 24.2 Å². The Labute approximate surface area is 133 Å². The average Bonchev–Trinajstić information content (AvgIpc) is 2.56. The van der Waals surface area contributed by atoms with Gasteiger partial charge in [-0.25, -0.2) is 4.79 Å². The molecule has 2 aromatic rings. The van der Waals surface area contributed by atoms with Gasteiger partial charge in [-0.15, -0.1) is 0 Å². The molecule has 120 valence electrons. The summed E-state index contributed by atoms with van der Waals surface area (Å²) in [7, 11) is 1.22. The molecule has 0 radical (unpaired) electrons. The van der Waals surface area contributed by atoms with Crippen LogP contribution in [0.15, 0.2) is 42.5 Å². The Balaban J connectivity index is 2.15. The average molecular weight is 315 g/mol. The van der Waals surface area contributed by atoms with Crippen molar-refractivity contribution in [1.29, 1.82) is 0 Å². The lowest BCUT2D eigenvalue weighted by Gasteiger charge is -2.09. The number of aromatic hydroxyl groups is 1. The molecular formula is C17H17NO5. The second-order valence-corrected chi connectivity index (χ2v) is 4.64. The summed E-state index contributed by atoms with van der Waals surface area (Å²) in [6, 6.07) is 10.9. The van der Waals surface area contributed by atoms with Gasteiger partial charge in [0.15, 0.2) is 0 Å². The second-order valence-electron chi connectivity index (χ2n) is 4.64. The molecule has 0 unspecified atom stereocenters. The number of carbonyl (C=O) groups is 2. The van der Waals surface area contributed by atoms with Crippen molar-refractivity contribution in [2.75, 3.05) is 19.0 Å². The molecule has 6 nitrogen and oxygen atoms in total. The van der Waals surface area contributed by atoms with E-state index in [0.717, 1.165) is 0 Å². The third-order valence-corrected chi connectivity index (χ3v) is 3.09. The molecule has 2 N–H and O–H groups in total. The number of anilines is 1. The molecular weight excluding hydrogens is 298 g/mol. The van der Waals surface area contributed by atoms with Crippen LogP contribution in [0.3, 0.4) is 0 Å². The first kappa shape index (κ1) is 16.4. The van der Waals surface area contributed by atoms with Crippen molar-refractivity contribution in [2.45, 2.75) is 6.92 Å². The van der Waals surface area contributed by atoms with Crippen LogP contribution in [0.5, 0.6) is 11.5 Å². The number of hydrogen-bond acceptors (Lipinski definition) is 5. The fraction of sp³-hybridized carbons (Fsp3) is 0.176. The predicted molar refractivity (Wildman–Crippen MR) is 85.0 cm³/mol. The highest BCUT2D eigenvalue weighted by atomic mass is 16.5. The Morgan fingerprint density at radius 1 is 1.13 bits per heavy atom. The first-order valence-corrected chi connectivity index (χ1v) is 7.00. The van der Waals surface area contributed by atoms with Gasteiger partial charge in [-0.1, -0.05) is 0 Å². The highest BCUT2D eigenvalue weighted by Crippen LogP contribution is 2.23. The van der Waals surface area contributed by atoms with E-state index in [-0.39, 0.29) is 17.2 Å². The molecule has 0 saturated heterocycles. The van der Waals surface area contributed by atoms with Gasteiger partial charge in [0.25, 0.3) is 5.91 Å². The quantitative estimate of drug-likeness (QED) is 0.654. The monoisotopic (exact) mass is 315 g/mol. The number of benzene rings is 2. The zero-order valence-corrected chi connectivity index (χ0v) is 12.8. The molecule has 0 aliphatic carbocycles. The number of hydrogen-bond donors (Lipinski definition) is 2. The smallest absolute Gasteiger partial charge is 0.341 e. The fourth-order valence-corrected chi connectivity index (χ4v) is 1.96. The summed E-state index contributed by atoms with van der Waals surface area (Å²) in [4.78, 5) is 23.7. The first-order chi connectivity index (χ1) is 11.0. The van der Waals surface area contributed by atoms with E-state index >= 15 is 0 Å². The summed E-state index contributed by atoms with van der Waals surface area (Å²) >= 11 is 0. The zero-order chi connectivity index (χ0) is 16.8. The van der Waals surface area contributed by atoms with Crippen molar-refractivity contribution in [1.82, 2.24) is 0 Å². The van der Waals surface area contributed by atoms with Gasteiger partial charge >= 0.3 is 5.97 Å². The van der Waals surface area contributed by atoms with Crippen LogP contribution >= 0.6 is 0 Å². The van der Waals surface area contributed by atoms with Crippen molar-refractivity contribution in [3.63, 3.8) is 0 Å². The third-order valence-electron chi connectivity index (χ3n) is 3.09. The molecule has 0 bridgehead atoms. The number of carbonyl (C=O) groups excluding carboxylic acids is 2. The van der Waals surface area contributed by atoms with Gasteiger partial charge in [-0.3, -0.25) is 4.79 Å². The molecule has 0 fully saturated rings. The van der Waals surface area contributed by atoms with E-state index in [0.29, 0.717) is 23.6 Å². The Kier molecular flexibility index (Phi) is 5.19. The van der Waals surface area contributed by atoms with Crippen LogP contribution in [0.4, 0.5) is 5.69 Å². The maximum atomic E-state index is 12.2. The van der Waals surface area contributed by atoms with E-state index in [1.807, 2.05) is 6.92 Å². The molecule has 1 amide bonds. The molecule has 0 spiro atoms. The van der Waals surface area contributed by atoms with Gasteiger partial charge in [0, 0.05) is 11.3 Å². The minimum absolute atomic E-state index is 0.0167. The number of amides is 1. The van der Waals surface area contributed by atoms with E-state index in [1.165, 1.54) is 25.3 Å². The molecule has 0 heterocycles. The molecule has 2 aromatic carbocycles. The van der Waals surface area contributed by atoms with Crippen LogP contribution in [0.25, 0.3) is 0 Å². The van der Waals surface area contributed by atoms with Gasteiger partial charge in [0.2, 0.25) is 0 Å². The number of rotatable bonds is 5. The number of esters is 1. The number of nitrogens with one attached hydrogen (secondary N) is 1. The molecule has 0 atom stereocenters. The Hall–Kier alpha value is -3.02. The summed E-state index contributed by atoms with van der Waals surface area (Å²) in [5, 5.41) is 12.3. The standard InChI is InChI=1S/C17H17NO5/c1-3-23-13-7-4-11(5-8-13)16(20)18-12-6-9-15(19)14(10-12)17(21)22-2/h4-10,19H,3H2,1-2H3,(H,18,20). The number of phenolic OH excluding ortho intramolecular Hbond substituents is 1. The van der Waals surface area contributed by atoms with E-state index in [2.05, 4.69) is 10.1 Å². The lowest BCUT2D eigenvalue weighted by Crippen LogP contribution is -2.12. The summed E-state index contributed by atoms with van der Waals surface area (Å²) in [6.07, 6.45) is 0. The second kappa shape index (κ2) is 7.31. The summed E-state index contributed by atoms with van der Waals surface area (Å²) in [5.41, 5.74) is 0.806. The zero-order valence-electron chi connectivity index (χ0n) is 12.8. The van der Waals surface area contributed by atoms with Crippen LogP contribution < -0.4 is 10.1 Å². The molecule has 0 aliphatic rings. The fourth-order valence-electron chi connectivity index (χ4n) is 1.96. The Morgan fingerprint density at radius 3 is 2.43 bits per heavy atom. The molecule has 0 saturated carbocycles. The highest BCUT2D eigenvalue weighted by Gasteiger charge is 2.14. The summed E-state index contributed by atoms with van der Waals surface area (Å²) in [5.74, 6) is -0.549. The van der Waals surface area contributed by atoms with Crippen LogP contribution in [-0.2, 0) is 4.74 Å². The van der Waals surface area contributed by atoms with Crippen LogP contribution in [-0.4, -0.2) is 30.7 Å². The van der Waals surface area contributed by atoms with Crippen LogP contribution in [0, 0.1) is 0 Å². The van der Waals surface area contributed by atoms with E-state index in [9.17, 15) is 14.7 Å². The van der Waals surface area contributed by atoms with E-state index in [1.54, 1.807) is 24.3 Å². The van der Waals surface area contributed by atoms with Gasteiger partial charge < -0.3 is 19.9 Å². The van der Waals surface area contributed by atoms with Crippen molar-refractivity contribution >= 4 is 17.6 Å².